The number of para-hydroxylation sites is 1. The Morgan fingerprint density at radius 1 is 1.03 bits per heavy atom. The number of rotatable bonds is 9. The first-order valence-electron chi connectivity index (χ1n) is 13.6. The van der Waals surface area contributed by atoms with Gasteiger partial charge in [0.2, 0.25) is 5.91 Å². The van der Waals surface area contributed by atoms with Crippen LogP contribution in [0.3, 0.4) is 0 Å². The minimum Gasteiger partial charge on any atom is -0.493 e. The molecule has 38 heavy (non-hydrogen) atoms. The molecule has 0 unspecified atom stereocenters. The number of nitrogens with zero attached hydrogens (tertiary/aromatic N) is 3. The van der Waals surface area contributed by atoms with Crippen LogP contribution in [0, 0.1) is 11.8 Å². The van der Waals surface area contributed by atoms with Gasteiger partial charge < -0.3 is 19.7 Å². The van der Waals surface area contributed by atoms with Crippen LogP contribution in [0.15, 0.2) is 48.5 Å². The summed E-state index contributed by atoms with van der Waals surface area (Å²) in [5.41, 5.74) is 0.822. The maximum atomic E-state index is 12.7. The zero-order chi connectivity index (χ0) is 26.3. The number of benzene rings is 2. The highest BCUT2D eigenvalue weighted by Gasteiger charge is 2.29. The zero-order valence-corrected chi connectivity index (χ0v) is 23.2. The molecular formula is C30H38N4O3S. The monoisotopic (exact) mass is 534 g/mol. The Kier molecular flexibility index (Phi) is 8.81. The number of aromatic nitrogens is 1. The van der Waals surface area contributed by atoms with Gasteiger partial charge in [-0.3, -0.25) is 9.69 Å². The summed E-state index contributed by atoms with van der Waals surface area (Å²) in [6, 6.07) is 14.2. The molecule has 2 fully saturated rings. The number of hydrogen-bond acceptors (Lipinski definition) is 7. The fourth-order valence-corrected chi connectivity index (χ4v) is 6.66. The van der Waals surface area contributed by atoms with Crippen LogP contribution >= 0.6 is 11.5 Å². The molecule has 1 aromatic heterocycles. The fourth-order valence-electron chi connectivity index (χ4n) is 5.87. The second-order valence-electron chi connectivity index (χ2n) is 10.3. The predicted octanol–water partition coefficient (Wildman–Crippen LogP) is 5.07. The first kappa shape index (κ1) is 26.5. The topological polar surface area (TPSA) is 66.9 Å². The van der Waals surface area contributed by atoms with E-state index in [4.69, 9.17) is 13.8 Å². The Hall–Kier alpha value is -3.10. The second-order valence-corrected chi connectivity index (χ2v) is 11.1. The van der Waals surface area contributed by atoms with Gasteiger partial charge in [-0.05, 0) is 60.5 Å². The number of carbonyl (C=O) groups excluding carboxylic acids is 1. The molecule has 7 nitrogen and oxygen atoms in total. The summed E-state index contributed by atoms with van der Waals surface area (Å²) in [5, 5.41) is 4.44. The van der Waals surface area contributed by atoms with Crippen molar-refractivity contribution in [2.45, 2.75) is 25.7 Å². The largest absolute Gasteiger partial charge is 0.493 e. The lowest BCUT2D eigenvalue weighted by Crippen LogP contribution is -2.49. The number of methoxy groups -OCH3 is 2. The van der Waals surface area contributed by atoms with E-state index in [2.05, 4.69) is 39.4 Å². The molecule has 2 heterocycles. The Balaban J connectivity index is 1.12. The second kappa shape index (κ2) is 12.6. The molecule has 202 valence electrons. The Bertz CT molecular complexity index is 1250. The summed E-state index contributed by atoms with van der Waals surface area (Å²) in [6.07, 6.45) is 8.35. The van der Waals surface area contributed by atoms with Gasteiger partial charge in [0.1, 0.15) is 5.82 Å². The van der Waals surface area contributed by atoms with E-state index in [1.54, 1.807) is 37.9 Å². The SMILES string of the molecule is COc1cccc(C=CC(=O)NC[C@H]2CCCC[C@H]2CN2CCN(c3nsc4ccccc34)CC2)c1OC. The van der Waals surface area contributed by atoms with Gasteiger partial charge in [-0.25, -0.2) is 0 Å². The van der Waals surface area contributed by atoms with E-state index >= 15 is 0 Å². The van der Waals surface area contributed by atoms with Crippen molar-refractivity contribution < 1.29 is 14.3 Å². The lowest BCUT2D eigenvalue weighted by Gasteiger charge is -2.40. The van der Waals surface area contributed by atoms with Crippen LogP contribution in [0.2, 0.25) is 0 Å². The molecule has 0 spiro atoms. The molecule has 2 aliphatic rings. The van der Waals surface area contributed by atoms with Crippen LogP contribution < -0.4 is 19.7 Å². The van der Waals surface area contributed by atoms with Crippen molar-refractivity contribution in [3.05, 3.63) is 54.1 Å². The van der Waals surface area contributed by atoms with Crippen molar-refractivity contribution in [3.8, 4) is 11.5 Å². The van der Waals surface area contributed by atoms with Gasteiger partial charge in [-0.2, -0.15) is 4.37 Å². The maximum absolute atomic E-state index is 12.7. The highest BCUT2D eigenvalue weighted by atomic mass is 32.1. The third-order valence-electron chi connectivity index (χ3n) is 7.98. The highest BCUT2D eigenvalue weighted by Crippen LogP contribution is 2.33. The molecule has 1 N–H and O–H groups in total. The molecule has 8 heteroatoms. The molecule has 3 aromatic rings. The summed E-state index contributed by atoms with van der Waals surface area (Å²) in [5.74, 6) is 3.51. The average Bonchev–Trinajstić information content (AvgIpc) is 3.40. The summed E-state index contributed by atoms with van der Waals surface area (Å²) in [4.78, 5) is 17.7. The van der Waals surface area contributed by atoms with Gasteiger partial charge in [0.25, 0.3) is 0 Å². The number of ether oxygens (including phenoxy) is 2. The van der Waals surface area contributed by atoms with E-state index in [1.807, 2.05) is 18.2 Å². The number of amides is 1. The summed E-state index contributed by atoms with van der Waals surface area (Å²) < 4.78 is 16.8. The molecule has 1 aliphatic heterocycles. The van der Waals surface area contributed by atoms with Gasteiger partial charge >= 0.3 is 0 Å². The lowest BCUT2D eigenvalue weighted by molar-refractivity contribution is -0.116. The summed E-state index contributed by atoms with van der Waals surface area (Å²) in [7, 11) is 3.22. The maximum Gasteiger partial charge on any atom is 0.244 e. The highest BCUT2D eigenvalue weighted by molar-refractivity contribution is 7.13. The molecule has 0 radical (unpaired) electrons. The quantitative estimate of drug-likeness (QED) is 0.387. The summed E-state index contributed by atoms with van der Waals surface area (Å²) in [6.45, 7) is 6.00. The minimum atomic E-state index is -0.0664. The van der Waals surface area contributed by atoms with E-state index < -0.39 is 0 Å². The molecule has 1 amide bonds. The normalized spacial score (nSPS) is 20.6. The number of piperazine rings is 1. The van der Waals surface area contributed by atoms with Gasteiger partial charge in [-0.1, -0.05) is 37.1 Å². The zero-order valence-electron chi connectivity index (χ0n) is 22.4. The third-order valence-corrected chi connectivity index (χ3v) is 8.79. The van der Waals surface area contributed by atoms with Crippen molar-refractivity contribution in [2.24, 2.45) is 11.8 Å². The van der Waals surface area contributed by atoms with Crippen LogP contribution in [-0.2, 0) is 4.79 Å². The number of fused-ring (bicyclic) bond motifs is 1. The van der Waals surface area contributed by atoms with Gasteiger partial charge in [0.05, 0.1) is 18.9 Å². The first-order valence-corrected chi connectivity index (χ1v) is 14.4. The third kappa shape index (κ3) is 6.13. The van der Waals surface area contributed by atoms with Crippen molar-refractivity contribution in [1.82, 2.24) is 14.6 Å². The number of carbonyl (C=O) groups is 1. The molecule has 1 saturated heterocycles. The first-order chi connectivity index (χ1) is 18.7. The smallest absolute Gasteiger partial charge is 0.244 e. The number of hydrogen-bond donors (Lipinski definition) is 1. The van der Waals surface area contributed by atoms with Crippen LogP contribution in [0.1, 0.15) is 31.2 Å². The van der Waals surface area contributed by atoms with E-state index in [0.717, 1.165) is 50.6 Å². The van der Waals surface area contributed by atoms with Crippen LogP contribution in [0.5, 0.6) is 11.5 Å². The lowest BCUT2D eigenvalue weighted by atomic mass is 9.78. The van der Waals surface area contributed by atoms with Crippen LogP contribution in [-0.4, -0.2) is 68.7 Å². The van der Waals surface area contributed by atoms with E-state index in [0.29, 0.717) is 23.3 Å². The molecular weight excluding hydrogens is 496 g/mol. The molecule has 2 aromatic carbocycles. The standard InChI is InChI=1S/C30H38N4O3S/c1-36-26-12-7-10-22(29(26)37-2)14-15-28(35)31-20-23-8-3-4-9-24(23)21-33-16-18-34(19-17-33)30-25-11-5-6-13-27(25)38-32-30/h5-7,10-15,23-24H,3-4,8-9,16-21H2,1-2H3,(H,31,35)/t23-,24+/m1/s1. The van der Waals surface area contributed by atoms with Crippen LogP contribution in [0.4, 0.5) is 5.82 Å². The van der Waals surface area contributed by atoms with Crippen molar-refractivity contribution in [1.29, 1.82) is 0 Å². The van der Waals surface area contributed by atoms with Crippen molar-refractivity contribution >= 4 is 39.4 Å². The van der Waals surface area contributed by atoms with Crippen molar-refractivity contribution in [3.63, 3.8) is 0 Å². The predicted molar refractivity (Wildman–Crippen MR) is 155 cm³/mol. The molecule has 1 saturated carbocycles. The van der Waals surface area contributed by atoms with Gasteiger partial charge in [0, 0.05) is 56.3 Å². The minimum absolute atomic E-state index is 0.0664. The molecule has 0 bridgehead atoms. The Morgan fingerprint density at radius 2 is 1.82 bits per heavy atom. The molecule has 5 rings (SSSR count). The Labute approximate surface area is 229 Å². The Morgan fingerprint density at radius 3 is 2.61 bits per heavy atom. The average molecular weight is 535 g/mol. The fraction of sp³-hybridized carbons (Fsp3) is 0.467. The van der Waals surface area contributed by atoms with E-state index in [-0.39, 0.29) is 5.91 Å². The number of nitrogens with one attached hydrogen (secondary N) is 1. The van der Waals surface area contributed by atoms with Gasteiger partial charge in [-0.15, -0.1) is 0 Å². The van der Waals surface area contributed by atoms with Crippen molar-refractivity contribution in [2.75, 3.05) is 58.4 Å². The van der Waals surface area contributed by atoms with E-state index in [9.17, 15) is 4.79 Å². The summed E-state index contributed by atoms with van der Waals surface area (Å²) >= 11 is 1.59. The van der Waals surface area contributed by atoms with Gasteiger partial charge in [0.15, 0.2) is 11.5 Å². The number of anilines is 1. The van der Waals surface area contributed by atoms with Crippen LogP contribution in [0.25, 0.3) is 16.2 Å². The molecule has 1 aliphatic carbocycles. The van der Waals surface area contributed by atoms with E-state index in [1.165, 1.54) is 35.8 Å². The molecule has 2 atom stereocenters.